The molecule has 0 spiro atoms. The fraction of sp³-hybridized carbons (Fsp3) is 0.190. The fourth-order valence-corrected chi connectivity index (χ4v) is 4.25. The number of nitrogens with one attached hydrogen (secondary N) is 1. The van der Waals surface area contributed by atoms with Crippen molar-refractivity contribution in [1.29, 1.82) is 5.26 Å². The first kappa shape index (κ1) is 21.1. The average Bonchev–Trinajstić information content (AvgIpc) is 2.77. The van der Waals surface area contributed by atoms with E-state index >= 15 is 0 Å². The number of nitriles is 1. The molecule has 0 unspecified atom stereocenters. The number of hydrogen-bond donors (Lipinski definition) is 1. The maximum atomic E-state index is 12.7. The number of rotatable bonds is 6. The SMILES string of the molecule is COC(=O)[C@@H]1C(=O)NC(SCc2cccc([N+](=O)[O-])c2)=C(C#N)[C@@H]1c1ccccc1. The van der Waals surface area contributed by atoms with E-state index in [0.29, 0.717) is 21.9 Å². The monoisotopic (exact) mass is 423 g/mol. The summed E-state index contributed by atoms with van der Waals surface area (Å²) in [5, 5.41) is 23.8. The number of non-ortho nitro benzene ring substituents is 1. The first-order valence-electron chi connectivity index (χ1n) is 8.90. The number of hydrogen-bond acceptors (Lipinski definition) is 7. The zero-order valence-corrected chi connectivity index (χ0v) is 16.7. The first-order valence-corrected chi connectivity index (χ1v) is 9.89. The van der Waals surface area contributed by atoms with Crippen LogP contribution < -0.4 is 5.32 Å². The number of amides is 1. The summed E-state index contributed by atoms with van der Waals surface area (Å²) in [6.07, 6.45) is 0. The summed E-state index contributed by atoms with van der Waals surface area (Å²) in [6.45, 7) is 0. The topological polar surface area (TPSA) is 122 Å². The third kappa shape index (κ3) is 4.34. The normalized spacial score (nSPS) is 18.3. The lowest BCUT2D eigenvalue weighted by molar-refractivity contribution is -0.384. The molecule has 152 valence electrons. The third-order valence-electron chi connectivity index (χ3n) is 4.65. The van der Waals surface area contributed by atoms with Crippen molar-refractivity contribution in [3.8, 4) is 6.07 Å². The molecule has 0 bridgehead atoms. The molecule has 1 amide bonds. The Morgan fingerprint density at radius 1 is 1.27 bits per heavy atom. The standard InChI is InChI=1S/C21H17N3O5S/c1-29-21(26)18-17(14-7-3-2-4-8-14)16(11-22)20(23-19(18)25)30-12-13-6-5-9-15(10-13)24(27)28/h2-10,17-18H,12H2,1H3,(H,23,25)/t17-,18-/m0/s1. The average molecular weight is 423 g/mol. The van der Waals surface area contributed by atoms with Gasteiger partial charge in [0, 0.05) is 23.8 Å². The van der Waals surface area contributed by atoms with E-state index in [1.165, 1.54) is 31.0 Å². The van der Waals surface area contributed by atoms with Crippen LogP contribution >= 0.6 is 11.8 Å². The number of benzene rings is 2. The van der Waals surface area contributed by atoms with Crippen molar-refractivity contribution in [3.05, 3.63) is 86.4 Å². The zero-order valence-electron chi connectivity index (χ0n) is 15.9. The Hall–Kier alpha value is -3.64. The summed E-state index contributed by atoms with van der Waals surface area (Å²) in [7, 11) is 1.19. The number of ether oxygens (including phenoxy) is 1. The highest BCUT2D eigenvalue weighted by Crippen LogP contribution is 2.40. The number of nitro groups is 1. The Bertz CT molecular complexity index is 1060. The molecule has 8 nitrogen and oxygen atoms in total. The molecular formula is C21H17N3O5S. The van der Waals surface area contributed by atoms with Gasteiger partial charge in [-0.3, -0.25) is 19.7 Å². The van der Waals surface area contributed by atoms with Crippen LogP contribution in [-0.4, -0.2) is 23.9 Å². The van der Waals surface area contributed by atoms with Crippen LogP contribution in [0.4, 0.5) is 5.69 Å². The number of nitro benzene ring substituents is 1. The van der Waals surface area contributed by atoms with Gasteiger partial charge in [0.15, 0.2) is 0 Å². The highest BCUT2D eigenvalue weighted by molar-refractivity contribution is 8.02. The van der Waals surface area contributed by atoms with Crippen LogP contribution in [0.3, 0.4) is 0 Å². The van der Waals surface area contributed by atoms with E-state index in [1.807, 2.05) is 0 Å². The van der Waals surface area contributed by atoms with Gasteiger partial charge in [0.1, 0.15) is 5.92 Å². The van der Waals surface area contributed by atoms with Crippen molar-refractivity contribution in [3.63, 3.8) is 0 Å². The predicted octanol–water partition coefficient (Wildman–Crippen LogP) is 3.27. The minimum atomic E-state index is -1.19. The Kier molecular flexibility index (Phi) is 6.49. The number of esters is 1. The smallest absolute Gasteiger partial charge is 0.319 e. The summed E-state index contributed by atoms with van der Waals surface area (Å²) in [6, 6.07) is 17.1. The largest absolute Gasteiger partial charge is 0.468 e. The van der Waals surface area contributed by atoms with Gasteiger partial charge in [-0.05, 0) is 11.1 Å². The van der Waals surface area contributed by atoms with E-state index in [9.17, 15) is 25.0 Å². The molecule has 0 saturated carbocycles. The molecule has 0 aliphatic carbocycles. The second kappa shape index (κ2) is 9.24. The van der Waals surface area contributed by atoms with Gasteiger partial charge in [-0.15, -0.1) is 11.8 Å². The molecular weight excluding hydrogens is 406 g/mol. The fourth-order valence-electron chi connectivity index (χ4n) is 3.26. The molecule has 3 rings (SSSR count). The number of methoxy groups -OCH3 is 1. The lowest BCUT2D eigenvalue weighted by Gasteiger charge is -2.30. The molecule has 0 radical (unpaired) electrons. The molecule has 0 aromatic heterocycles. The molecule has 0 fully saturated rings. The molecule has 2 atom stereocenters. The molecule has 1 aliphatic heterocycles. The molecule has 1 N–H and O–H groups in total. The van der Waals surface area contributed by atoms with Crippen molar-refractivity contribution in [2.75, 3.05) is 7.11 Å². The molecule has 9 heteroatoms. The minimum Gasteiger partial charge on any atom is -0.468 e. The molecule has 1 heterocycles. The number of allylic oxidation sites excluding steroid dienone is 1. The molecule has 2 aromatic rings. The van der Waals surface area contributed by atoms with E-state index < -0.39 is 28.6 Å². The van der Waals surface area contributed by atoms with Crippen LogP contribution in [0.2, 0.25) is 0 Å². The van der Waals surface area contributed by atoms with Crippen LogP contribution in [0.15, 0.2) is 65.2 Å². The van der Waals surface area contributed by atoms with Crippen LogP contribution in [0, 0.1) is 27.4 Å². The summed E-state index contributed by atoms with van der Waals surface area (Å²) in [5.74, 6) is -2.96. The van der Waals surface area contributed by atoms with Crippen molar-refractivity contribution in [2.24, 2.45) is 5.92 Å². The number of carbonyl (C=O) groups excluding carboxylic acids is 2. The van der Waals surface area contributed by atoms with Crippen molar-refractivity contribution in [2.45, 2.75) is 11.7 Å². The Labute approximate surface area is 176 Å². The van der Waals surface area contributed by atoms with Crippen LogP contribution in [0.25, 0.3) is 0 Å². The van der Waals surface area contributed by atoms with E-state index in [0.717, 1.165) is 0 Å². The molecule has 1 aliphatic rings. The maximum absolute atomic E-state index is 12.7. The minimum absolute atomic E-state index is 0.0387. The highest BCUT2D eigenvalue weighted by atomic mass is 32.2. The molecule has 30 heavy (non-hydrogen) atoms. The molecule has 2 aromatic carbocycles. The van der Waals surface area contributed by atoms with E-state index in [4.69, 9.17) is 4.74 Å². The predicted molar refractivity (Wildman–Crippen MR) is 110 cm³/mol. The summed E-state index contributed by atoms with van der Waals surface area (Å²) >= 11 is 1.18. The van der Waals surface area contributed by atoms with Gasteiger partial charge in [-0.1, -0.05) is 42.5 Å². The highest BCUT2D eigenvalue weighted by Gasteiger charge is 2.44. The van der Waals surface area contributed by atoms with E-state index in [1.54, 1.807) is 42.5 Å². The first-order chi connectivity index (χ1) is 14.5. The summed E-state index contributed by atoms with van der Waals surface area (Å²) in [4.78, 5) is 35.6. The van der Waals surface area contributed by atoms with Crippen LogP contribution in [-0.2, 0) is 20.1 Å². The Balaban J connectivity index is 1.98. The van der Waals surface area contributed by atoms with Gasteiger partial charge < -0.3 is 10.1 Å². The van der Waals surface area contributed by atoms with Gasteiger partial charge in [0.2, 0.25) is 5.91 Å². The van der Waals surface area contributed by atoms with E-state index in [2.05, 4.69) is 11.4 Å². The van der Waals surface area contributed by atoms with Crippen LogP contribution in [0.5, 0.6) is 0 Å². The van der Waals surface area contributed by atoms with Gasteiger partial charge >= 0.3 is 5.97 Å². The second-order valence-corrected chi connectivity index (χ2v) is 7.43. The summed E-state index contributed by atoms with van der Waals surface area (Å²) in [5.41, 5.74) is 1.52. The van der Waals surface area contributed by atoms with Crippen molar-refractivity contribution < 1.29 is 19.2 Å². The second-order valence-electron chi connectivity index (χ2n) is 6.45. The van der Waals surface area contributed by atoms with Gasteiger partial charge in [-0.2, -0.15) is 5.26 Å². The van der Waals surface area contributed by atoms with Crippen molar-refractivity contribution in [1.82, 2.24) is 5.32 Å². The maximum Gasteiger partial charge on any atom is 0.319 e. The number of nitrogens with zero attached hydrogens (tertiary/aromatic N) is 2. The van der Waals surface area contributed by atoms with Gasteiger partial charge in [0.05, 0.1) is 28.7 Å². The lowest BCUT2D eigenvalue weighted by Crippen LogP contribution is -2.44. The number of thioether (sulfide) groups is 1. The molecule has 0 saturated heterocycles. The van der Waals surface area contributed by atoms with E-state index in [-0.39, 0.29) is 11.3 Å². The van der Waals surface area contributed by atoms with Crippen molar-refractivity contribution >= 4 is 29.3 Å². The zero-order chi connectivity index (χ0) is 21.7. The van der Waals surface area contributed by atoms with Gasteiger partial charge in [0.25, 0.3) is 5.69 Å². The van der Waals surface area contributed by atoms with Crippen LogP contribution in [0.1, 0.15) is 17.0 Å². The van der Waals surface area contributed by atoms with Gasteiger partial charge in [-0.25, -0.2) is 0 Å². The quantitative estimate of drug-likeness (QED) is 0.327. The Morgan fingerprint density at radius 3 is 2.63 bits per heavy atom. The Morgan fingerprint density at radius 2 is 2.00 bits per heavy atom. The number of carbonyl (C=O) groups is 2. The lowest BCUT2D eigenvalue weighted by atomic mass is 9.78. The third-order valence-corrected chi connectivity index (χ3v) is 5.74. The summed E-state index contributed by atoms with van der Waals surface area (Å²) < 4.78 is 4.80.